The molecule has 1 aromatic rings. The van der Waals surface area contributed by atoms with Gasteiger partial charge in [0, 0.05) is 17.2 Å². The van der Waals surface area contributed by atoms with Crippen molar-refractivity contribution in [3.63, 3.8) is 0 Å². The summed E-state index contributed by atoms with van der Waals surface area (Å²) in [5.41, 5.74) is 2.27. The number of phenolic OH excluding ortho intramolecular Hbond substituents is 1. The van der Waals surface area contributed by atoms with Crippen molar-refractivity contribution < 1.29 is 39.2 Å². The lowest BCUT2D eigenvalue weighted by Gasteiger charge is -2.50. The molecule has 5 atom stereocenters. The summed E-state index contributed by atoms with van der Waals surface area (Å²) in [7, 11) is 3.12. The lowest BCUT2D eigenvalue weighted by molar-refractivity contribution is -0.148. The number of nitrogens with one attached hydrogen (secondary N) is 1. The number of rotatable bonds is 5. The van der Waals surface area contributed by atoms with Crippen molar-refractivity contribution in [2.45, 2.75) is 37.5 Å². The van der Waals surface area contributed by atoms with Gasteiger partial charge in [-0.15, -0.1) is 0 Å². The van der Waals surface area contributed by atoms with Gasteiger partial charge < -0.3 is 31.5 Å². The molecule has 0 saturated carbocycles. The van der Waals surface area contributed by atoms with Crippen molar-refractivity contribution >= 4 is 23.2 Å². The molecule has 11 heteroatoms. The molecule has 0 heterocycles. The number of halogens is 1. The third-order valence-electron chi connectivity index (χ3n) is 7.24. The number of alkyl halides is 1. The normalized spacial score (nSPS) is 29.0. The van der Waals surface area contributed by atoms with E-state index in [1.807, 2.05) is 0 Å². The minimum absolute atomic E-state index is 0.0144. The predicted molar refractivity (Wildman–Crippen MR) is 123 cm³/mol. The Hall–Kier alpha value is -3.44. The summed E-state index contributed by atoms with van der Waals surface area (Å²) in [6.07, 6.45) is 0.115. The van der Waals surface area contributed by atoms with Gasteiger partial charge >= 0.3 is 0 Å². The van der Waals surface area contributed by atoms with Gasteiger partial charge in [0.05, 0.1) is 17.6 Å². The summed E-state index contributed by atoms with van der Waals surface area (Å²) in [5, 5.41) is 47.0. The summed E-state index contributed by atoms with van der Waals surface area (Å²) in [4.78, 5) is 40.2. The van der Waals surface area contributed by atoms with Crippen LogP contribution in [-0.4, -0.2) is 81.3 Å². The number of carbonyl (C=O) groups is 3. The molecule has 2 unspecified atom stereocenters. The fraction of sp³-hybridized carbons (Fsp3) is 0.458. The standard InChI is InChI=1S/C24H28FN3O7/c1-9(8-25)27-13-4-5-14(29)16-11(13)6-10-7-12-18(28(2)3)20(31)17(23(26)34)22(33)24(12,35)21(32)15(10)19(16)30/h4-5,9-10,12,18,27,29,31-32,35H,6-8H2,1-3H3,(H2,26,34)/t9?,10-,12-,18?,24+/m1/s1. The van der Waals surface area contributed by atoms with Crippen molar-refractivity contribution in [1.82, 2.24) is 4.90 Å². The highest BCUT2D eigenvalue weighted by Crippen LogP contribution is 2.52. The maximum absolute atomic E-state index is 13.5. The van der Waals surface area contributed by atoms with E-state index in [9.17, 15) is 39.2 Å². The smallest absolute Gasteiger partial charge is 0.255 e. The Morgan fingerprint density at radius 2 is 1.94 bits per heavy atom. The van der Waals surface area contributed by atoms with E-state index in [1.54, 1.807) is 21.0 Å². The van der Waals surface area contributed by atoms with Crippen LogP contribution in [0.3, 0.4) is 0 Å². The molecule has 7 N–H and O–H groups in total. The molecule has 1 aromatic carbocycles. The maximum atomic E-state index is 13.5. The SMILES string of the molecule is CC(CF)Nc1ccc(O)c2c1C[C@@H]1C[C@@H]3C(N(C)C)C(O)=C(C(N)=O)C(=O)[C@@]3(O)C(O)=C1C2=O. The van der Waals surface area contributed by atoms with Gasteiger partial charge in [0.2, 0.25) is 5.78 Å². The van der Waals surface area contributed by atoms with Crippen LogP contribution >= 0.6 is 0 Å². The van der Waals surface area contributed by atoms with Crippen LogP contribution in [0.15, 0.2) is 34.8 Å². The fourth-order valence-corrected chi connectivity index (χ4v) is 5.69. The third-order valence-corrected chi connectivity index (χ3v) is 7.24. The quantitative estimate of drug-likeness (QED) is 0.259. The number of hydrogen-bond acceptors (Lipinski definition) is 9. The second kappa shape index (κ2) is 8.35. The Bertz CT molecular complexity index is 1210. The zero-order valence-corrected chi connectivity index (χ0v) is 19.5. The van der Waals surface area contributed by atoms with E-state index in [0.29, 0.717) is 11.3 Å². The van der Waals surface area contributed by atoms with E-state index < -0.39 is 70.8 Å². The number of benzene rings is 1. The van der Waals surface area contributed by atoms with Gasteiger partial charge in [0.25, 0.3) is 5.91 Å². The summed E-state index contributed by atoms with van der Waals surface area (Å²) in [6.45, 7) is 0.942. The van der Waals surface area contributed by atoms with Crippen LogP contribution in [-0.2, 0) is 16.0 Å². The highest BCUT2D eigenvalue weighted by molar-refractivity contribution is 6.24. The summed E-state index contributed by atoms with van der Waals surface area (Å²) in [6, 6.07) is 1.17. The molecule has 35 heavy (non-hydrogen) atoms. The number of carbonyl (C=O) groups excluding carboxylic acids is 3. The van der Waals surface area contributed by atoms with Crippen LogP contribution in [0, 0.1) is 11.8 Å². The van der Waals surface area contributed by atoms with E-state index in [1.165, 1.54) is 17.0 Å². The number of allylic oxidation sites excluding steroid dienone is 1. The molecule has 0 spiro atoms. The van der Waals surface area contributed by atoms with Gasteiger partial charge in [0.15, 0.2) is 11.4 Å². The Morgan fingerprint density at radius 1 is 1.29 bits per heavy atom. The van der Waals surface area contributed by atoms with E-state index in [0.717, 1.165) is 0 Å². The summed E-state index contributed by atoms with van der Waals surface area (Å²) >= 11 is 0. The molecule has 3 aliphatic carbocycles. The minimum atomic E-state index is -2.68. The number of primary amides is 1. The number of Topliss-reactive ketones (excluding diaryl/α,β-unsaturated/α-hetero) is 2. The zero-order chi connectivity index (χ0) is 26.0. The minimum Gasteiger partial charge on any atom is -0.510 e. The van der Waals surface area contributed by atoms with Gasteiger partial charge in [-0.05, 0) is 57.5 Å². The van der Waals surface area contributed by atoms with E-state index in [-0.39, 0.29) is 29.7 Å². The molecule has 10 nitrogen and oxygen atoms in total. The highest BCUT2D eigenvalue weighted by atomic mass is 19.1. The van der Waals surface area contributed by atoms with Gasteiger partial charge in [-0.3, -0.25) is 19.3 Å². The Morgan fingerprint density at radius 3 is 2.51 bits per heavy atom. The van der Waals surface area contributed by atoms with Gasteiger partial charge in [0.1, 0.15) is 29.5 Å². The average Bonchev–Trinajstić information content (AvgIpc) is 2.77. The second-order valence-electron chi connectivity index (χ2n) is 9.65. The van der Waals surface area contributed by atoms with E-state index >= 15 is 0 Å². The molecule has 0 radical (unpaired) electrons. The Balaban J connectivity index is 1.92. The van der Waals surface area contributed by atoms with Crippen LogP contribution in [0.4, 0.5) is 10.1 Å². The van der Waals surface area contributed by atoms with Gasteiger partial charge in [-0.1, -0.05) is 0 Å². The molecule has 0 aromatic heterocycles. The van der Waals surface area contributed by atoms with Crippen molar-refractivity contribution in [2.24, 2.45) is 17.6 Å². The second-order valence-corrected chi connectivity index (χ2v) is 9.65. The van der Waals surface area contributed by atoms with Crippen LogP contribution < -0.4 is 11.1 Å². The molecular formula is C24H28FN3O7. The van der Waals surface area contributed by atoms with E-state index in [4.69, 9.17) is 5.73 Å². The monoisotopic (exact) mass is 489 g/mol. The largest absolute Gasteiger partial charge is 0.510 e. The van der Waals surface area contributed by atoms with Gasteiger partial charge in [-0.2, -0.15) is 0 Å². The number of anilines is 1. The molecule has 0 saturated heterocycles. The number of nitrogens with two attached hydrogens (primary N) is 1. The first kappa shape index (κ1) is 24.7. The van der Waals surface area contributed by atoms with Crippen LogP contribution in [0.2, 0.25) is 0 Å². The highest BCUT2D eigenvalue weighted by Gasteiger charge is 2.63. The van der Waals surface area contributed by atoms with Crippen molar-refractivity contribution in [3.05, 3.63) is 45.9 Å². The molecule has 0 aliphatic heterocycles. The number of likely N-dealkylation sites (N-methyl/N-ethyl adjacent to an activating group) is 1. The average molecular weight is 490 g/mol. The van der Waals surface area contributed by atoms with Crippen LogP contribution in [0.25, 0.3) is 0 Å². The fourth-order valence-electron chi connectivity index (χ4n) is 5.69. The lowest BCUT2D eigenvalue weighted by Crippen LogP contribution is -2.63. The summed E-state index contributed by atoms with van der Waals surface area (Å²) in [5.74, 6) is -7.07. The first-order valence-electron chi connectivity index (χ1n) is 11.2. The first-order chi connectivity index (χ1) is 16.4. The molecule has 0 fully saturated rings. The number of hydrogen-bond donors (Lipinski definition) is 6. The molecule has 188 valence electrons. The zero-order valence-electron chi connectivity index (χ0n) is 19.5. The third kappa shape index (κ3) is 3.41. The number of nitrogens with zero attached hydrogens (tertiary/aromatic N) is 1. The lowest BCUT2D eigenvalue weighted by atomic mass is 9.58. The van der Waals surface area contributed by atoms with Crippen molar-refractivity contribution in [2.75, 3.05) is 26.1 Å². The Kier molecular flexibility index (Phi) is 5.89. The molecule has 4 rings (SSSR count). The van der Waals surface area contributed by atoms with Crippen molar-refractivity contribution in [3.8, 4) is 5.75 Å². The number of amides is 1. The van der Waals surface area contributed by atoms with Crippen LogP contribution in [0.5, 0.6) is 5.75 Å². The number of phenols is 1. The summed E-state index contributed by atoms with van der Waals surface area (Å²) < 4.78 is 13.1. The van der Waals surface area contributed by atoms with Crippen molar-refractivity contribution in [1.29, 1.82) is 0 Å². The first-order valence-corrected chi connectivity index (χ1v) is 11.2. The number of ketones is 2. The number of aromatic hydroxyl groups is 1. The number of aliphatic hydroxyl groups excluding tert-OH is 2. The predicted octanol–water partition coefficient (Wildman–Crippen LogP) is 0.890. The van der Waals surface area contributed by atoms with Gasteiger partial charge in [-0.25, -0.2) is 4.39 Å². The molecular weight excluding hydrogens is 461 g/mol. The maximum Gasteiger partial charge on any atom is 0.255 e. The molecule has 3 aliphatic rings. The molecule has 0 bridgehead atoms. The molecule has 1 amide bonds. The number of aliphatic hydroxyl groups is 3. The topological polar surface area (TPSA) is 173 Å². The van der Waals surface area contributed by atoms with E-state index in [2.05, 4.69) is 5.32 Å². The number of fused-ring (bicyclic) bond motifs is 3. The Labute approximate surface area is 200 Å². The van der Waals surface area contributed by atoms with Crippen LogP contribution in [0.1, 0.15) is 29.3 Å².